The van der Waals surface area contributed by atoms with Gasteiger partial charge in [0.25, 0.3) is 0 Å². The second-order valence-electron chi connectivity index (χ2n) is 3.96. The molecule has 1 aromatic carbocycles. The first-order valence-corrected chi connectivity index (χ1v) is 5.56. The molecule has 0 N–H and O–H groups in total. The van der Waals surface area contributed by atoms with Gasteiger partial charge in [-0.15, -0.1) is 10.2 Å². The van der Waals surface area contributed by atoms with Crippen molar-refractivity contribution in [3.8, 4) is 11.6 Å². The van der Waals surface area contributed by atoms with Crippen LogP contribution in [-0.2, 0) is 0 Å². The molecule has 0 saturated carbocycles. The SMILES string of the molecule is c1coc(-c2nnc3c4ccccc4ncn23)c1. The molecule has 5 nitrogen and oxygen atoms in total. The van der Waals surface area contributed by atoms with Crippen LogP contribution in [0.15, 0.2) is 53.4 Å². The number of rotatable bonds is 1. The molecule has 18 heavy (non-hydrogen) atoms. The van der Waals surface area contributed by atoms with Gasteiger partial charge in [-0.3, -0.25) is 4.40 Å². The van der Waals surface area contributed by atoms with E-state index in [0.29, 0.717) is 11.6 Å². The van der Waals surface area contributed by atoms with Crippen LogP contribution in [0.4, 0.5) is 0 Å². The minimum absolute atomic E-state index is 0.660. The Labute approximate surface area is 102 Å². The Morgan fingerprint density at radius 3 is 2.83 bits per heavy atom. The highest BCUT2D eigenvalue weighted by Gasteiger charge is 2.12. The summed E-state index contributed by atoms with van der Waals surface area (Å²) in [7, 11) is 0. The monoisotopic (exact) mass is 236 g/mol. The minimum Gasteiger partial charge on any atom is -0.461 e. The lowest BCUT2D eigenvalue weighted by molar-refractivity contribution is 0.576. The summed E-state index contributed by atoms with van der Waals surface area (Å²) in [6, 6.07) is 11.5. The van der Waals surface area contributed by atoms with Crippen LogP contribution in [-0.4, -0.2) is 19.6 Å². The first-order valence-electron chi connectivity index (χ1n) is 5.56. The van der Waals surface area contributed by atoms with E-state index < -0.39 is 0 Å². The molecule has 3 aromatic heterocycles. The number of nitrogens with zero attached hydrogens (tertiary/aromatic N) is 4. The van der Waals surface area contributed by atoms with E-state index in [0.717, 1.165) is 16.6 Å². The molecule has 0 radical (unpaired) electrons. The summed E-state index contributed by atoms with van der Waals surface area (Å²) in [5, 5.41) is 9.36. The fourth-order valence-electron chi connectivity index (χ4n) is 2.05. The van der Waals surface area contributed by atoms with Gasteiger partial charge in [0, 0.05) is 5.39 Å². The molecule has 0 fully saturated rings. The van der Waals surface area contributed by atoms with Crippen LogP contribution in [0.25, 0.3) is 28.1 Å². The van der Waals surface area contributed by atoms with E-state index in [1.54, 1.807) is 12.6 Å². The number of para-hydroxylation sites is 1. The molecule has 0 amide bonds. The molecule has 0 atom stereocenters. The maximum Gasteiger partial charge on any atom is 0.205 e. The summed E-state index contributed by atoms with van der Waals surface area (Å²) in [4.78, 5) is 4.39. The Morgan fingerprint density at radius 1 is 1.00 bits per heavy atom. The van der Waals surface area contributed by atoms with E-state index in [1.807, 2.05) is 40.8 Å². The highest BCUT2D eigenvalue weighted by molar-refractivity contribution is 5.91. The standard InChI is InChI=1S/C13H8N4O/c1-2-5-10-9(4-1)12-15-16-13(17(12)8-14-10)11-6-3-7-18-11/h1-8H. The number of hydrogen-bond donors (Lipinski definition) is 0. The average molecular weight is 236 g/mol. The zero-order chi connectivity index (χ0) is 11.9. The van der Waals surface area contributed by atoms with E-state index in [4.69, 9.17) is 4.42 Å². The van der Waals surface area contributed by atoms with Gasteiger partial charge in [-0.1, -0.05) is 12.1 Å². The Bertz CT molecular complexity index is 833. The number of aromatic nitrogens is 4. The van der Waals surface area contributed by atoms with Crippen molar-refractivity contribution in [2.45, 2.75) is 0 Å². The third kappa shape index (κ3) is 1.18. The fourth-order valence-corrected chi connectivity index (χ4v) is 2.05. The lowest BCUT2D eigenvalue weighted by Crippen LogP contribution is -1.91. The highest BCUT2D eigenvalue weighted by Crippen LogP contribution is 2.22. The summed E-state index contributed by atoms with van der Waals surface area (Å²) in [6.45, 7) is 0. The molecule has 0 unspecified atom stereocenters. The molecule has 0 aliphatic heterocycles. The smallest absolute Gasteiger partial charge is 0.205 e. The summed E-state index contributed by atoms with van der Waals surface area (Å²) in [6.07, 6.45) is 3.33. The Morgan fingerprint density at radius 2 is 1.94 bits per heavy atom. The van der Waals surface area contributed by atoms with Crippen molar-refractivity contribution in [3.63, 3.8) is 0 Å². The van der Waals surface area contributed by atoms with Crippen LogP contribution in [0.2, 0.25) is 0 Å². The average Bonchev–Trinajstić information content (AvgIpc) is 3.07. The molecular weight excluding hydrogens is 228 g/mol. The zero-order valence-electron chi connectivity index (χ0n) is 9.32. The zero-order valence-corrected chi connectivity index (χ0v) is 9.32. The molecule has 0 bridgehead atoms. The molecule has 5 heteroatoms. The van der Waals surface area contributed by atoms with Crippen molar-refractivity contribution in [2.75, 3.05) is 0 Å². The topological polar surface area (TPSA) is 56.2 Å². The van der Waals surface area contributed by atoms with Gasteiger partial charge in [-0.2, -0.15) is 0 Å². The van der Waals surface area contributed by atoms with E-state index in [1.165, 1.54) is 0 Å². The molecule has 86 valence electrons. The number of fused-ring (bicyclic) bond motifs is 3. The van der Waals surface area contributed by atoms with Gasteiger partial charge in [0.05, 0.1) is 11.8 Å². The third-order valence-corrected chi connectivity index (χ3v) is 2.89. The predicted molar refractivity (Wildman–Crippen MR) is 66.0 cm³/mol. The maximum atomic E-state index is 5.35. The van der Waals surface area contributed by atoms with Crippen molar-refractivity contribution >= 4 is 16.6 Å². The Balaban J connectivity index is 2.12. The highest BCUT2D eigenvalue weighted by atomic mass is 16.3. The van der Waals surface area contributed by atoms with Crippen molar-refractivity contribution in [1.82, 2.24) is 19.6 Å². The second kappa shape index (κ2) is 3.40. The molecule has 3 heterocycles. The van der Waals surface area contributed by atoms with Gasteiger partial charge < -0.3 is 4.42 Å². The second-order valence-corrected chi connectivity index (χ2v) is 3.96. The fraction of sp³-hybridized carbons (Fsp3) is 0. The molecule has 4 aromatic rings. The van der Waals surface area contributed by atoms with Gasteiger partial charge in [-0.05, 0) is 24.3 Å². The lowest BCUT2D eigenvalue weighted by Gasteiger charge is -1.99. The van der Waals surface area contributed by atoms with Crippen LogP contribution in [0.3, 0.4) is 0 Å². The maximum absolute atomic E-state index is 5.35. The number of hydrogen-bond acceptors (Lipinski definition) is 4. The van der Waals surface area contributed by atoms with Crippen LogP contribution in [0.1, 0.15) is 0 Å². The Kier molecular flexibility index (Phi) is 1.77. The summed E-state index contributed by atoms with van der Waals surface area (Å²) in [5.41, 5.74) is 1.69. The molecular formula is C13H8N4O. The summed E-state index contributed by atoms with van der Waals surface area (Å²) < 4.78 is 7.18. The number of benzene rings is 1. The van der Waals surface area contributed by atoms with E-state index in [2.05, 4.69) is 15.2 Å². The van der Waals surface area contributed by atoms with Gasteiger partial charge >= 0.3 is 0 Å². The third-order valence-electron chi connectivity index (χ3n) is 2.89. The van der Waals surface area contributed by atoms with E-state index >= 15 is 0 Å². The minimum atomic E-state index is 0.660. The van der Waals surface area contributed by atoms with E-state index in [9.17, 15) is 0 Å². The van der Waals surface area contributed by atoms with E-state index in [-0.39, 0.29) is 0 Å². The molecule has 4 rings (SSSR count). The van der Waals surface area contributed by atoms with Crippen LogP contribution in [0, 0.1) is 0 Å². The normalized spacial score (nSPS) is 11.3. The van der Waals surface area contributed by atoms with Crippen LogP contribution >= 0.6 is 0 Å². The van der Waals surface area contributed by atoms with Crippen LogP contribution < -0.4 is 0 Å². The quantitative estimate of drug-likeness (QED) is 0.509. The molecule has 0 spiro atoms. The van der Waals surface area contributed by atoms with Crippen molar-refractivity contribution in [2.24, 2.45) is 0 Å². The van der Waals surface area contributed by atoms with Crippen molar-refractivity contribution in [1.29, 1.82) is 0 Å². The predicted octanol–water partition coefficient (Wildman–Crippen LogP) is 2.54. The van der Waals surface area contributed by atoms with Gasteiger partial charge in [0.2, 0.25) is 5.82 Å². The first kappa shape index (κ1) is 9.35. The molecule has 0 aliphatic carbocycles. The van der Waals surface area contributed by atoms with Crippen molar-refractivity contribution in [3.05, 3.63) is 49.0 Å². The first-order chi connectivity index (χ1) is 8.93. The summed E-state index contributed by atoms with van der Waals surface area (Å²) >= 11 is 0. The molecule has 0 saturated heterocycles. The number of furan rings is 1. The van der Waals surface area contributed by atoms with Crippen LogP contribution in [0.5, 0.6) is 0 Å². The van der Waals surface area contributed by atoms with Crippen molar-refractivity contribution < 1.29 is 4.42 Å². The van der Waals surface area contributed by atoms with Gasteiger partial charge in [-0.25, -0.2) is 4.98 Å². The Hall–Kier alpha value is -2.69. The van der Waals surface area contributed by atoms with Gasteiger partial charge in [0.1, 0.15) is 6.33 Å². The summed E-state index contributed by atoms with van der Waals surface area (Å²) in [5.74, 6) is 1.34. The largest absolute Gasteiger partial charge is 0.461 e. The lowest BCUT2D eigenvalue weighted by atomic mass is 10.2. The molecule has 0 aliphatic rings. The van der Waals surface area contributed by atoms with Gasteiger partial charge in [0.15, 0.2) is 11.4 Å².